The topological polar surface area (TPSA) is 54.2 Å². The lowest BCUT2D eigenvalue weighted by Crippen LogP contribution is -2.45. The Balaban J connectivity index is 2.14. The number of nitrogens with zero attached hydrogens (tertiary/aromatic N) is 3. The Kier molecular flexibility index (Phi) is 3.86. The SMILES string of the molecule is CCC(c1noc(C(F)(F)F)n1)N1CCNCC1. The molecule has 0 radical (unpaired) electrons. The van der Waals surface area contributed by atoms with Crippen molar-refractivity contribution in [1.29, 1.82) is 0 Å². The zero-order valence-electron chi connectivity index (χ0n) is 10.00. The van der Waals surface area contributed by atoms with Crippen molar-refractivity contribution >= 4 is 0 Å². The van der Waals surface area contributed by atoms with Crippen LogP contribution in [-0.2, 0) is 6.18 Å². The van der Waals surface area contributed by atoms with Crippen LogP contribution in [-0.4, -0.2) is 41.2 Å². The normalized spacial score (nSPS) is 20.0. The molecule has 0 aliphatic carbocycles. The molecule has 8 heteroatoms. The van der Waals surface area contributed by atoms with E-state index in [-0.39, 0.29) is 11.9 Å². The zero-order chi connectivity index (χ0) is 13.2. The molecule has 1 aliphatic heterocycles. The number of hydrogen-bond acceptors (Lipinski definition) is 5. The van der Waals surface area contributed by atoms with E-state index in [1.54, 1.807) is 0 Å². The van der Waals surface area contributed by atoms with E-state index in [2.05, 4.69) is 24.9 Å². The quantitative estimate of drug-likeness (QED) is 0.895. The standard InChI is InChI=1S/C10H15F3N4O/c1-2-7(17-5-3-14-4-6-17)8-15-9(18-16-8)10(11,12)13/h7,14H,2-6H2,1H3. The number of nitrogens with one attached hydrogen (secondary N) is 1. The van der Waals surface area contributed by atoms with Crippen LogP contribution >= 0.6 is 0 Å². The molecule has 1 N–H and O–H groups in total. The fourth-order valence-electron chi connectivity index (χ4n) is 2.08. The summed E-state index contributed by atoms with van der Waals surface area (Å²) in [4.78, 5) is 5.53. The van der Waals surface area contributed by atoms with Gasteiger partial charge in [-0.2, -0.15) is 18.2 Å². The van der Waals surface area contributed by atoms with Crippen LogP contribution in [0.1, 0.15) is 31.1 Å². The molecule has 1 aliphatic rings. The predicted molar refractivity (Wildman–Crippen MR) is 56.8 cm³/mol. The fourth-order valence-corrected chi connectivity index (χ4v) is 2.08. The lowest BCUT2D eigenvalue weighted by molar-refractivity contribution is -0.159. The van der Waals surface area contributed by atoms with Crippen molar-refractivity contribution in [2.45, 2.75) is 25.6 Å². The van der Waals surface area contributed by atoms with Crippen molar-refractivity contribution in [3.63, 3.8) is 0 Å². The smallest absolute Gasteiger partial charge is 0.329 e. The third kappa shape index (κ3) is 2.81. The molecular weight excluding hydrogens is 249 g/mol. The van der Waals surface area contributed by atoms with Crippen LogP contribution in [0, 0.1) is 0 Å². The Morgan fingerprint density at radius 3 is 2.56 bits per heavy atom. The van der Waals surface area contributed by atoms with E-state index in [0.717, 1.165) is 26.2 Å². The lowest BCUT2D eigenvalue weighted by Gasteiger charge is -2.32. The van der Waals surface area contributed by atoms with Gasteiger partial charge < -0.3 is 9.84 Å². The van der Waals surface area contributed by atoms with Gasteiger partial charge in [-0.1, -0.05) is 12.1 Å². The highest BCUT2D eigenvalue weighted by atomic mass is 19.4. The maximum Gasteiger partial charge on any atom is 0.471 e. The van der Waals surface area contributed by atoms with Crippen molar-refractivity contribution in [3.05, 3.63) is 11.7 Å². The van der Waals surface area contributed by atoms with Crippen LogP contribution in [0.5, 0.6) is 0 Å². The summed E-state index contributed by atoms with van der Waals surface area (Å²) in [6.45, 7) is 5.08. The average Bonchev–Trinajstić information content (AvgIpc) is 2.81. The molecule has 0 amide bonds. The second kappa shape index (κ2) is 5.23. The summed E-state index contributed by atoms with van der Waals surface area (Å²) in [7, 11) is 0. The second-order valence-corrected chi connectivity index (χ2v) is 4.17. The van der Waals surface area contributed by atoms with Crippen molar-refractivity contribution in [1.82, 2.24) is 20.4 Å². The third-order valence-electron chi connectivity index (χ3n) is 2.96. The molecule has 0 spiro atoms. The molecule has 0 aromatic carbocycles. The number of alkyl halides is 3. The number of halogens is 3. The largest absolute Gasteiger partial charge is 0.471 e. The molecule has 1 fully saturated rings. The summed E-state index contributed by atoms with van der Waals surface area (Å²) >= 11 is 0. The Morgan fingerprint density at radius 2 is 2.06 bits per heavy atom. The molecule has 2 rings (SSSR count). The van der Waals surface area contributed by atoms with Crippen LogP contribution in [0.4, 0.5) is 13.2 Å². The summed E-state index contributed by atoms with van der Waals surface area (Å²) in [5, 5.41) is 6.65. The van der Waals surface area contributed by atoms with E-state index in [9.17, 15) is 13.2 Å². The summed E-state index contributed by atoms with van der Waals surface area (Å²) in [5.74, 6) is -1.15. The minimum Gasteiger partial charge on any atom is -0.329 e. The van der Waals surface area contributed by atoms with Crippen molar-refractivity contribution in [3.8, 4) is 0 Å². The zero-order valence-corrected chi connectivity index (χ0v) is 10.00. The molecule has 18 heavy (non-hydrogen) atoms. The molecule has 2 heterocycles. The molecule has 102 valence electrons. The third-order valence-corrected chi connectivity index (χ3v) is 2.96. The average molecular weight is 264 g/mol. The van der Waals surface area contributed by atoms with Crippen LogP contribution < -0.4 is 5.32 Å². The van der Waals surface area contributed by atoms with Crippen molar-refractivity contribution in [2.75, 3.05) is 26.2 Å². The molecular formula is C10H15F3N4O. The van der Waals surface area contributed by atoms with Crippen LogP contribution in [0.25, 0.3) is 0 Å². The molecule has 1 aromatic rings. The first kappa shape index (κ1) is 13.3. The van der Waals surface area contributed by atoms with Gasteiger partial charge in [0.1, 0.15) is 0 Å². The van der Waals surface area contributed by atoms with Gasteiger partial charge in [0.15, 0.2) is 5.82 Å². The second-order valence-electron chi connectivity index (χ2n) is 4.17. The monoisotopic (exact) mass is 264 g/mol. The maximum absolute atomic E-state index is 12.4. The van der Waals surface area contributed by atoms with E-state index < -0.39 is 12.1 Å². The van der Waals surface area contributed by atoms with Gasteiger partial charge in [0.2, 0.25) is 0 Å². The molecule has 1 saturated heterocycles. The van der Waals surface area contributed by atoms with Gasteiger partial charge in [-0.15, -0.1) is 0 Å². The van der Waals surface area contributed by atoms with E-state index in [1.165, 1.54) is 0 Å². The summed E-state index contributed by atoms with van der Waals surface area (Å²) in [5.41, 5.74) is 0. The Labute approximate surface area is 102 Å². The molecule has 0 bridgehead atoms. The highest BCUT2D eigenvalue weighted by molar-refractivity contribution is 4.97. The summed E-state index contributed by atoms with van der Waals surface area (Å²) in [6.07, 6.45) is -3.93. The van der Waals surface area contributed by atoms with E-state index >= 15 is 0 Å². The number of rotatable bonds is 3. The Bertz CT molecular complexity index is 387. The molecule has 5 nitrogen and oxygen atoms in total. The minimum atomic E-state index is -4.58. The fraction of sp³-hybridized carbons (Fsp3) is 0.800. The van der Waals surface area contributed by atoms with Crippen LogP contribution in [0.2, 0.25) is 0 Å². The summed E-state index contributed by atoms with van der Waals surface area (Å²) < 4.78 is 41.4. The van der Waals surface area contributed by atoms with Gasteiger partial charge >= 0.3 is 12.1 Å². The van der Waals surface area contributed by atoms with Crippen LogP contribution in [0.3, 0.4) is 0 Å². The predicted octanol–water partition coefficient (Wildman–Crippen LogP) is 1.44. The first-order valence-electron chi connectivity index (χ1n) is 5.88. The first-order chi connectivity index (χ1) is 8.52. The highest BCUT2D eigenvalue weighted by Gasteiger charge is 2.39. The number of hydrogen-bond donors (Lipinski definition) is 1. The van der Waals surface area contributed by atoms with Crippen molar-refractivity contribution < 1.29 is 17.7 Å². The van der Waals surface area contributed by atoms with Gasteiger partial charge in [-0.3, -0.25) is 4.90 Å². The van der Waals surface area contributed by atoms with Gasteiger partial charge in [0.25, 0.3) is 0 Å². The Hall–Kier alpha value is -1.15. The van der Waals surface area contributed by atoms with E-state index in [1.807, 2.05) is 6.92 Å². The van der Waals surface area contributed by atoms with Crippen molar-refractivity contribution in [2.24, 2.45) is 0 Å². The minimum absolute atomic E-state index is 0.117. The molecule has 1 atom stereocenters. The molecule has 1 aromatic heterocycles. The first-order valence-corrected chi connectivity index (χ1v) is 5.88. The number of aromatic nitrogens is 2. The van der Waals surface area contributed by atoms with Gasteiger partial charge in [0.05, 0.1) is 6.04 Å². The van der Waals surface area contributed by atoms with Crippen LogP contribution in [0.15, 0.2) is 4.52 Å². The summed E-state index contributed by atoms with van der Waals surface area (Å²) in [6, 6.07) is -0.216. The maximum atomic E-state index is 12.4. The van der Waals surface area contributed by atoms with Gasteiger partial charge in [-0.05, 0) is 6.42 Å². The highest BCUT2D eigenvalue weighted by Crippen LogP contribution is 2.30. The lowest BCUT2D eigenvalue weighted by atomic mass is 10.1. The number of piperazine rings is 1. The van der Waals surface area contributed by atoms with Gasteiger partial charge in [0, 0.05) is 26.2 Å². The Morgan fingerprint density at radius 1 is 1.39 bits per heavy atom. The molecule has 1 unspecified atom stereocenters. The van der Waals surface area contributed by atoms with E-state index in [4.69, 9.17) is 0 Å². The van der Waals surface area contributed by atoms with E-state index in [0.29, 0.717) is 6.42 Å². The molecule has 0 saturated carbocycles. The van der Waals surface area contributed by atoms with Gasteiger partial charge in [-0.25, -0.2) is 0 Å².